The van der Waals surface area contributed by atoms with Crippen LogP contribution >= 0.6 is 0 Å². The van der Waals surface area contributed by atoms with Crippen LogP contribution in [0, 0.1) is 6.92 Å². The molecule has 0 radical (unpaired) electrons. The fourth-order valence-electron chi connectivity index (χ4n) is 2.32. The summed E-state index contributed by atoms with van der Waals surface area (Å²) in [5.74, 6) is 0.186. The highest BCUT2D eigenvalue weighted by Gasteiger charge is 2.12. The zero-order chi connectivity index (χ0) is 14.0. The summed E-state index contributed by atoms with van der Waals surface area (Å²) in [6, 6.07) is 8.10. The molecule has 0 N–H and O–H groups in total. The number of nitrogens with zero attached hydrogens (tertiary/aromatic N) is 1. The van der Waals surface area contributed by atoms with Gasteiger partial charge >= 0.3 is 5.97 Å². The Morgan fingerprint density at radius 3 is 2.74 bits per heavy atom. The number of carbonyl (C=O) groups is 1. The second-order valence-electron chi connectivity index (χ2n) is 5.07. The molecule has 100 valence electrons. The Kier molecular flexibility index (Phi) is 3.84. The molecule has 1 aromatic heterocycles. The molecule has 0 fully saturated rings. The van der Waals surface area contributed by atoms with Crippen molar-refractivity contribution in [3.05, 3.63) is 41.1 Å². The summed E-state index contributed by atoms with van der Waals surface area (Å²) in [6.45, 7) is 6.26. The van der Waals surface area contributed by atoms with Crippen molar-refractivity contribution in [2.45, 2.75) is 33.1 Å². The van der Waals surface area contributed by atoms with Crippen LogP contribution in [0.15, 0.2) is 24.3 Å². The van der Waals surface area contributed by atoms with Gasteiger partial charge < -0.3 is 4.74 Å². The Morgan fingerprint density at radius 1 is 1.37 bits per heavy atom. The van der Waals surface area contributed by atoms with Gasteiger partial charge in [0.05, 0.1) is 19.0 Å². The molecule has 0 amide bonds. The molecule has 0 saturated heterocycles. The zero-order valence-corrected chi connectivity index (χ0v) is 11.9. The highest BCUT2D eigenvalue weighted by Crippen LogP contribution is 2.27. The van der Waals surface area contributed by atoms with Crippen LogP contribution in [0.5, 0.6) is 0 Å². The van der Waals surface area contributed by atoms with Crippen molar-refractivity contribution in [3.8, 4) is 0 Å². The molecule has 1 heterocycles. The lowest BCUT2D eigenvalue weighted by molar-refractivity contribution is -0.139. The van der Waals surface area contributed by atoms with Gasteiger partial charge in [0.2, 0.25) is 0 Å². The average Bonchev–Trinajstić information content (AvgIpc) is 2.37. The number of esters is 1. The van der Waals surface area contributed by atoms with E-state index < -0.39 is 0 Å². The molecule has 0 aliphatic carbocycles. The molecule has 2 aromatic rings. The smallest absolute Gasteiger partial charge is 0.310 e. The van der Waals surface area contributed by atoms with Gasteiger partial charge in [0, 0.05) is 11.1 Å². The molecule has 19 heavy (non-hydrogen) atoms. The van der Waals surface area contributed by atoms with E-state index in [9.17, 15) is 4.79 Å². The van der Waals surface area contributed by atoms with E-state index in [4.69, 9.17) is 4.74 Å². The number of fused-ring (bicyclic) bond motifs is 1. The van der Waals surface area contributed by atoms with Crippen LogP contribution in [0.4, 0.5) is 0 Å². The Labute approximate surface area is 113 Å². The van der Waals surface area contributed by atoms with Crippen molar-refractivity contribution in [2.75, 3.05) is 7.11 Å². The second-order valence-corrected chi connectivity index (χ2v) is 5.07. The standard InChI is InChI=1S/C16H19NO2/c1-10(2)13-6-5-7-14-12(9-15(18)19-4)8-11(3)17-16(13)14/h5-8,10H,9H2,1-4H3. The summed E-state index contributed by atoms with van der Waals surface area (Å²) in [5, 5.41) is 1.04. The van der Waals surface area contributed by atoms with Crippen LogP contribution in [0.25, 0.3) is 10.9 Å². The first-order valence-electron chi connectivity index (χ1n) is 6.49. The van der Waals surface area contributed by atoms with Gasteiger partial charge in [0.15, 0.2) is 0 Å². The third-order valence-electron chi connectivity index (χ3n) is 3.27. The zero-order valence-electron chi connectivity index (χ0n) is 11.9. The van der Waals surface area contributed by atoms with E-state index in [-0.39, 0.29) is 12.4 Å². The Hall–Kier alpha value is -1.90. The Morgan fingerprint density at radius 2 is 2.11 bits per heavy atom. The van der Waals surface area contributed by atoms with Crippen LogP contribution in [0.2, 0.25) is 0 Å². The van der Waals surface area contributed by atoms with Crippen molar-refractivity contribution in [1.82, 2.24) is 4.98 Å². The first kappa shape index (κ1) is 13.5. The predicted molar refractivity (Wildman–Crippen MR) is 76.3 cm³/mol. The first-order valence-corrected chi connectivity index (χ1v) is 6.49. The van der Waals surface area contributed by atoms with Crippen LogP contribution in [0.1, 0.15) is 36.6 Å². The van der Waals surface area contributed by atoms with Crippen LogP contribution in [-0.2, 0) is 16.0 Å². The van der Waals surface area contributed by atoms with Crippen LogP contribution in [0.3, 0.4) is 0 Å². The molecular weight excluding hydrogens is 238 g/mol. The van der Waals surface area contributed by atoms with Gasteiger partial charge in [0.1, 0.15) is 0 Å². The quantitative estimate of drug-likeness (QED) is 0.791. The minimum Gasteiger partial charge on any atom is -0.469 e. The topological polar surface area (TPSA) is 39.2 Å². The van der Waals surface area contributed by atoms with E-state index in [0.717, 1.165) is 22.2 Å². The van der Waals surface area contributed by atoms with Crippen LogP contribution in [-0.4, -0.2) is 18.1 Å². The third kappa shape index (κ3) is 2.75. The highest BCUT2D eigenvalue weighted by molar-refractivity contribution is 5.89. The number of pyridine rings is 1. The summed E-state index contributed by atoms with van der Waals surface area (Å²) in [5.41, 5.74) is 4.13. The second kappa shape index (κ2) is 5.39. The van der Waals surface area contributed by atoms with Crippen molar-refractivity contribution < 1.29 is 9.53 Å². The number of ether oxygens (including phenoxy) is 1. The summed E-state index contributed by atoms with van der Waals surface area (Å²) in [7, 11) is 1.41. The van der Waals surface area contributed by atoms with E-state index in [2.05, 4.69) is 24.9 Å². The molecule has 1 aromatic carbocycles. The van der Waals surface area contributed by atoms with Gasteiger partial charge in [0.25, 0.3) is 0 Å². The molecule has 3 nitrogen and oxygen atoms in total. The lowest BCUT2D eigenvalue weighted by atomic mass is 9.96. The average molecular weight is 257 g/mol. The molecule has 0 atom stereocenters. The summed E-state index contributed by atoms with van der Waals surface area (Å²) in [6.07, 6.45) is 0.290. The number of hydrogen-bond acceptors (Lipinski definition) is 3. The highest BCUT2D eigenvalue weighted by atomic mass is 16.5. The van der Waals surface area contributed by atoms with E-state index in [1.165, 1.54) is 12.7 Å². The number of para-hydroxylation sites is 1. The third-order valence-corrected chi connectivity index (χ3v) is 3.27. The number of carbonyl (C=O) groups excluding carboxylic acids is 1. The maximum Gasteiger partial charge on any atom is 0.310 e. The van der Waals surface area contributed by atoms with Gasteiger partial charge in [-0.05, 0) is 30.0 Å². The van der Waals surface area contributed by atoms with E-state index in [0.29, 0.717) is 5.92 Å². The minimum atomic E-state index is -0.221. The molecule has 0 aliphatic rings. The molecule has 0 spiro atoms. The number of aromatic nitrogens is 1. The van der Waals surface area contributed by atoms with Gasteiger partial charge in [-0.2, -0.15) is 0 Å². The summed E-state index contributed by atoms with van der Waals surface area (Å²) < 4.78 is 4.76. The minimum absolute atomic E-state index is 0.221. The number of methoxy groups -OCH3 is 1. The number of rotatable bonds is 3. The number of benzene rings is 1. The van der Waals surface area contributed by atoms with E-state index >= 15 is 0 Å². The molecular formula is C16H19NO2. The monoisotopic (exact) mass is 257 g/mol. The molecule has 3 heteroatoms. The maximum atomic E-state index is 11.5. The summed E-state index contributed by atoms with van der Waals surface area (Å²) >= 11 is 0. The van der Waals surface area contributed by atoms with Gasteiger partial charge in [-0.25, -0.2) is 0 Å². The lowest BCUT2D eigenvalue weighted by Crippen LogP contribution is -2.06. The first-order chi connectivity index (χ1) is 9.02. The molecule has 0 bridgehead atoms. The summed E-state index contributed by atoms with van der Waals surface area (Å²) in [4.78, 5) is 16.2. The van der Waals surface area contributed by atoms with Crippen molar-refractivity contribution >= 4 is 16.9 Å². The van der Waals surface area contributed by atoms with E-state index in [1.807, 2.05) is 25.1 Å². The van der Waals surface area contributed by atoms with Crippen molar-refractivity contribution in [2.24, 2.45) is 0 Å². The predicted octanol–water partition coefficient (Wildman–Crippen LogP) is 3.38. The molecule has 0 unspecified atom stereocenters. The lowest BCUT2D eigenvalue weighted by Gasteiger charge is -2.12. The van der Waals surface area contributed by atoms with Gasteiger partial charge in [-0.3, -0.25) is 9.78 Å². The normalized spacial score (nSPS) is 11.0. The molecule has 0 aliphatic heterocycles. The fraction of sp³-hybridized carbons (Fsp3) is 0.375. The molecule has 0 saturated carbocycles. The fourth-order valence-corrected chi connectivity index (χ4v) is 2.32. The van der Waals surface area contributed by atoms with Crippen molar-refractivity contribution in [3.63, 3.8) is 0 Å². The van der Waals surface area contributed by atoms with E-state index in [1.54, 1.807) is 0 Å². The Bertz CT molecular complexity index is 617. The largest absolute Gasteiger partial charge is 0.469 e. The Balaban J connectivity index is 2.65. The van der Waals surface area contributed by atoms with Gasteiger partial charge in [-0.15, -0.1) is 0 Å². The maximum absolute atomic E-state index is 11.5. The van der Waals surface area contributed by atoms with Gasteiger partial charge in [-0.1, -0.05) is 32.0 Å². The van der Waals surface area contributed by atoms with Crippen molar-refractivity contribution in [1.29, 1.82) is 0 Å². The van der Waals surface area contributed by atoms with Crippen LogP contribution < -0.4 is 0 Å². The number of aryl methyl sites for hydroxylation is 1. The molecule has 2 rings (SSSR count). The SMILES string of the molecule is COC(=O)Cc1cc(C)nc2c(C(C)C)cccc12. The number of hydrogen-bond donors (Lipinski definition) is 0.